The maximum Gasteiger partial charge on any atom is 0.353 e. The summed E-state index contributed by atoms with van der Waals surface area (Å²) in [6.45, 7) is 4.41. The summed E-state index contributed by atoms with van der Waals surface area (Å²) >= 11 is 8.14. The Kier molecular flexibility index (Phi) is 8.02. The highest BCUT2D eigenvalue weighted by atomic mass is 35.5. The second-order valence-corrected chi connectivity index (χ2v) is 10.4. The van der Waals surface area contributed by atoms with Crippen molar-refractivity contribution in [1.29, 1.82) is 0 Å². The van der Waals surface area contributed by atoms with Crippen molar-refractivity contribution >= 4 is 75.7 Å². The third kappa shape index (κ3) is 6.10. The number of nitrogens with zero attached hydrogens (tertiary/aromatic N) is 3. The van der Waals surface area contributed by atoms with Gasteiger partial charge >= 0.3 is 11.9 Å². The van der Waals surface area contributed by atoms with Crippen LogP contribution >= 0.6 is 34.7 Å². The third-order valence-corrected chi connectivity index (χ3v) is 6.84. The number of halogens is 1. The zero-order valence-corrected chi connectivity index (χ0v) is 21.0. The fourth-order valence-electron chi connectivity index (χ4n) is 3.02. The average Bonchev–Trinajstić information content (AvgIpc) is 3.21. The van der Waals surface area contributed by atoms with Crippen LogP contribution in [0.5, 0.6) is 0 Å². The van der Waals surface area contributed by atoms with Gasteiger partial charge in [-0.15, -0.1) is 23.1 Å². The summed E-state index contributed by atoms with van der Waals surface area (Å²) in [6.07, 6.45) is 0.402. The van der Waals surface area contributed by atoms with Crippen molar-refractivity contribution in [3.05, 3.63) is 21.8 Å². The van der Waals surface area contributed by atoms with Crippen LogP contribution in [0.3, 0.4) is 0 Å². The zero-order chi connectivity index (χ0) is 25.9. The first kappa shape index (κ1) is 26.4. The first-order valence-corrected chi connectivity index (χ1v) is 12.2. The van der Waals surface area contributed by atoms with Gasteiger partial charge in [0.2, 0.25) is 13.0 Å². The van der Waals surface area contributed by atoms with E-state index in [0.29, 0.717) is 6.41 Å². The number of anilines is 1. The van der Waals surface area contributed by atoms with Gasteiger partial charge < -0.3 is 25.3 Å². The van der Waals surface area contributed by atoms with E-state index in [1.54, 1.807) is 20.8 Å². The molecular weight excluding hydrogens is 526 g/mol. The molecule has 1 fully saturated rings. The number of esters is 1. The van der Waals surface area contributed by atoms with Gasteiger partial charge in [0.15, 0.2) is 10.8 Å². The number of ether oxygens (including phenoxy) is 1. The van der Waals surface area contributed by atoms with Crippen molar-refractivity contribution in [3.63, 3.8) is 0 Å². The number of carboxylic acid groups (broad SMARTS) is 1. The summed E-state index contributed by atoms with van der Waals surface area (Å²) in [7, 11) is 0. The lowest BCUT2D eigenvalue weighted by Crippen LogP contribution is -2.71. The lowest BCUT2D eigenvalue weighted by atomic mass is 10.0. The maximum atomic E-state index is 13.0. The highest BCUT2D eigenvalue weighted by molar-refractivity contribution is 8.00. The molecule has 2 aliphatic rings. The molecule has 0 spiro atoms. The Morgan fingerprint density at radius 3 is 2.74 bits per heavy atom. The molecule has 3 rings (SSSR count). The predicted octanol–water partition coefficient (Wildman–Crippen LogP) is 0.709. The minimum absolute atomic E-state index is 0.00938. The number of β-lactam (4-membered cyclic amide) rings is 1. The molecule has 188 valence electrons. The number of carbonyl (C=O) groups excluding carboxylic acids is 4. The number of fused-ring (bicyclic) bond motifs is 1. The Morgan fingerprint density at radius 1 is 1.40 bits per heavy atom. The minimum atomic E-state index is -1.35. The summed E-state index contributed by atoms with van der Waals surface area (Å²) in [5, 5.41) is 18.8. The number of hydrogen-bond acceptors (Lipinski definition) is 11. The van der Waals surface area contributed by atoms with Crippen molar-refractivity contribution in [1.82, 2.24) is 15.2 Å². The van der Waals surface area contributed by atoms with E-state index in [-0.39, 0.29) is 33.0 Å². The van der Waals surface area contributed by atoms with Gasteiger partial charge in [-0.25, -0.2) is 14.6 Å². The van der Waals surface area contributed by atoms with Crippen LogP contribution in [0.15, 0.2) is 21.3 Å². The average molecular weight is 546 g/mol. The van der Waals surface area contributed by atoms with Crippen molar-refractivity contribution in [2.75, 3.05) is 17.7 Å². The van der Waals surface area contributed by atoms with Crippen LogP contribution in [0, 0.1) is 0 Å². The number of aromatic nitrogens is 1. The Morgan fingerprint density at radius 2 is 2.11 bits per heavy atom. The van der Waals surface area contributed by atoms with Gasteiger partial charge in [0.25, 0.3) is 11.8 Å². The van der Waals surface area contributed by atoms with Gasteiger partial charge in [-0.3, -0.25) is 19.3 Å². The van der Waals surface area contributed by atoms with E-state index in [4.69, 9.17) is 21.2 Å². The molecule has 0 aromatic carbocycles. The van der Waals surface area contributed by atoms with Gasteiger partial charge in [0.1, 0.15) is 28.4 Å². The Balaban J connectivity index is 1.77. The zero-order valence-electron chi connectivity index (χ0n) is 18.6. The Bertz CT molecular complexity index is 1130. The summed E-state index contributed by atoms with van der Waals surface area (Å²) in [5.74, 6) is -3.46. The number of carbonyl (C=O) groups is 5. The summed E-state index contributed by atoms with van der Waals surface area (Å²) in [6, 6.07) is -1.06. The number of carboxylic acids is 1. The van der Waals surface area contributed by atoms with E-state index in [1.165, 1.54) is 17.1 Å². The SMILES string of the molecule is CC(C)(C)OC(=O)CO/N=C(\C(=O)NC1C(=O)N2C(C(=O)O)=C(Cl)CS[C@H]12)c1csc(NC=O)n1. The van der Waals surface area contributed by atoms with E-state index in [1.807, 2.05) is 0 Å². The smallest absolute Gasteiger partial charge is 0.353 e. The molecular formula is C19H20ClN5O8S2. The standard InChI is InChI=1S/C19H20ClN5O8S2/c1-19(2,3)33-10(27)4-32-24-11(9-6-35-18(22-9)21-7-26)14(28)23-12-15(29)25-13(17(30)31)8(20)5-34-16(12)25/h6-7,12,16H,4-5H2,1-3H3,(H,23,28)(H,30,31)(H,21,22,26)/b24-11-/t12?,16-/m1/s1. The molecule has 0 aliphatic carbocycles. The number of thioether (sulfide) groups is 1. The largest absolute Gasteiger partial charge is 0.477 e. The second kappa shape index (κ2) is 10.6. The highest BCUT2D eigenvalue weighted by Crippen LogP contribution is 2.41. The van der Waals surface area contributed by atoms with Crippen molar-refractivity contribution in [2.24, 2.45) is 5.16 Å². The molecule has 0 bridgehead atoms. The second-order valence-electron chi connectivity index (χ2n) is 8.02. The van der Waals surface area contributed by atoms with E-state index in [0.717, 1.165) is 16.2 Å². The fourth-order valence-corrected chi connectivity index (χ4v) is 5.22. The van der Waals surface area contributed by atoms with Crippen LogP contribution in [0.2, 0.25) is 0 Å². The number of amides is 3. The molecule has 2 aliphatic heterocycles. The van der Waals surface area contributed by atoms with Crippen LogP contribution in [0.4, 0.5) is 5.13 Å². The molecule has 35 heavy (non-hydrogen) atoms. The fraction of sp³-hybridized carbons (Fsp3) is 0.421. The molecule has 0 radical (unpaired) electrons. The lowest BCUT2D eigenvalue weighted by Gasteiger charge is -2.48. The van der Waals surface area contributed by atoms with Gasteiger partial charge in [0, 0.05) is 11.1 Å². The van der Waals surface area contributed by atoms with Crippen LogP contribution < -0.4 is 10.6 Å². The van der Waals surface area contributed by atoms with Crippen LogP contribution in [0.25, 0.3) is 0 Å². The summed E-state index contributed by atoms with van der Waals surface area (Å²) in [5.41, 5.74) is -1.45. The number of nitrogens with one attached hydrogen (secondary N) is 2. The van der Waals surface area contributed by atoms with E-state index in [9.17, 15) is 29.1 Å². The number of thiazole rings is 1. The van der Waals surface area contributed by atoms with E-state index in [2.05, 4.69) is 20.8 Å². The molecule has 1 aromatic heterocycles. The number of oxime groups is 1. The van der Waals surface area contributed by atoms with Crippen LogP contribution in [-0.2, 0) is 33.5 Å². The topological polar surface area (TPSA) is 177 Å². The summed E-state index contributed by atoms with van der Waals surface area (Å²) < 4.78 is 5.11. The molecule has 1 saturated heterocycles. The minimum Gasteiger partial charge on any atom is -0.477 e. The molecule has 3 N–H and O–H groups in total. The molecule has 1 aromatic rings. The van der Waals surface area contributed by atoms with Crippen LogP contribution in [0.1, 0.15) is 26.5 Å². The quantitative estimate of drug-likeness (QED) is 0.132. The van der Waals surface area contributed by atoms with E-state index < -0.39 is 47.4 Å². The molecule has 13 nitrogen and oxygen atoms in total. The van der Waals surface area contributed by atoms with Gasteiger partial charge in [-0.2, -0.15) is 0 Å². The van der Waals surface area contributed by atoms with Crippen molar-refractivity contribution in [3.8, 4) is 0 Å². The normalized spacial score (nSPS) is 19.9. The first-order valence-electron chi connectivity index (χ1n) is 9.88. The van der Waals surface area contributed by atoms with Crippen molar-refractivity contribution in [2.45, 2.75) is 37.8 Å². The Labute approximate surface area is 211 Å². The van der Waals surface area contributed by atoms with Gasteiger partial charge in [-0.1, -0.05) is 16.8 Å². The molecule has 3 amide bonds. The number of rotatable bonds is 9. The van der Waals surface area contributed by atoms with E-state index >= 15 is 0 Å². The predicted molar refractivity (Wildman–Crippen MR) is 126 cm³/mol. The molecule has 3 heterocycles. The Hall–Kier alpha value is -3.17. The number of aliphatic carboxylic acids is 1. The van der Waals surface area contributed by atoms with Gasteiger partial charge in [-0.05, 0) is 20.8 Å². The summed E-state index contributed by atoms with van der Waals surface area (Å²) in [4.78, 5) is 69.8. The molecule has 2 atom stereocenters. The van der Waals surface area contributed by atoms with Gasteiger partial charge in [0.05, 0.1) is 5.03 Å². The van der Waals surface area contributed by atoms with Crippen LogP contribution in [-0.4, -0.2) is 80.2 Å². The maximum absolute atomic E-state index is 13.0. The molecule has 0 saturated carbocycles. The molecule has 16 heteroatoms. The lowest BCUT2D eigenvalue weighted by molar-refractivity contribution is -0.160. The third-order valence-electron chi connectivity index (χ3n) is 4.31. The number of hydrogen-bond donors (Lipinski definition) is 3. The molecule has 1 unspecified atom stereocenters. The monoisotopic (exact) mass is 545 g/mol. The van der Waals surface area contributed by atoms with Crippen molar-refractivity contribution < 1.29 is 38.7 Å². The highest BCUT2D eigenvalue weighted by Gasteiger charge is 2.54. The first-order chi connectivity index (χ1) is 16.4.